The van der Waals surface area contributed by atoms with E-state index in [9.17, 15) is 27.3 Å². The predicted molar refractivity (Wildman–Crippen MR) is 151 cm³/mol. The van der Waals surface area contributed by atoms with Crippen molar-refractivity contribution in [1.82, 2.24) is 20.0 Å². The molecule has 0 aromatic heterocycles. The molecule has 13 heteroatoms. The summed E-state index contributed by atoms with van der Waals surface area (Å²) in [6, 6.07) is 6.33. The normalized spacial score (nSPS) is 15.1. The molecule has 0 aliphatic carbocycles. The molecule has 1 atom stereocenters. The van der Waals surface area contributed by atoms with Crippen LogP contribution in [0, 0.1) is 0 Å². The van der Waals surface area contributed by atoms with Gasteiger partial charge in [-0.05, 0) is 81.9 Å². The van der Waals surface area contributed by atoms with Gasteiger partial charge in [0.25, 0.3) is 5.91 Å². The number of amides is 3. The quantitative estimate of drug-likeness (QED) is 0.329. The van der Waals surface area contributed by atoms with Gasteiger partial charge in [0.15, 0.2) is 4.90 Å². The molecule has 2 aromatic carbocycles. The Hall–Kier alpha value is -2.18. The molecule has 1 unspecified atom stereocenters. The van der Waals surface area contributed by atoms with E-state index in [2.05, 4.69) is 5.32 Å². The predicted octanol–water partition coefficient (Wildman–Crippen LogP) is 5.65. The lowest BCUT2D eigenvalue weighted by atomic mass is 10.0. The highest BCUT2D eigenvalue weighted by Crippen LogP contribution is 2.37. The summed E-state index contributed by atoms with van der Waals surface area (Å²) in [5.41, 5.74) is -1.11. The van der Waals surface area contributed by atoms with Crippen molar-refractivity contribution >= 4 is 46.3 Å². The van der Waals surface area contributed by atoms with Crippen molar-refractivity contribution in [2.24, 2.45) is 0 Å². The minimum atomic E-state index is -4.81. The minimum absolute atomic E-state index is 0.0902. The van der Waals surface area contributed by atoms with Gasteiger partial charge in [0.05, 0.1) is 5.56 Å². The number of carbonyl (C=O) groups is 2. The lowest BCUT2D eigenvalue weighted by Crippen LogP contribution is -2.49. The Bertz CT molecular complexity index is 1220. The lowest BCUT2D eigenvalue weighted by molar-refractivity contribution is -0.138. The third-order valence-corrected chi connectivity index (χ3v) is 8.50. The van der Waals surface area contributed by atoms with Crippen molar-refractivity contribution in [2.45, 2.75) is 43.9 Å². The zero-order valence-corrected chi connectivity index (χ0v) is 24.9. The first kappa shape index (κ1) is 32.3. The van der Waals surface area contributed by atoms with Gasteiger partial charge in [-0.2, -0.15) is 13.2 Å². The van der Waals surface area contributed by atoms with E-state index in [1.165, 1.54) is 11.0 Å². The number of carbonyl (C=O) groups excluding carboxylic acids is 2. The fraction of sp³-hybridized carbons (Fsp3) is 0.481. The number of hydrogen-bond acceptors (Lipinski definition) is 4. The van der Waals surface area contributed by atoms with Crippen LogP contribution in [0.15, 0.2) is 35.2 Å². The molecule has 1 N–H and O–H groups in total. The van der Waals surface area contributed by atoms with Gasteiger partial charge in [0.1, 0.15) is 5.75 Å². The summed E-state index contributed by atoms with van der Waals surface area (Å²) in [5, 5.41) is 2.69. The van der Waals surface area contributed by atoms with Gasteiger partial charge >= 0.3 is 12.2 Å². The summed E-state index contributed by atoms with van der Waals surface area (Å²) in [7, 11) is 3.86. The maximum atomic E-state index is 14.2. The molecule has 2 aromatic rings. The van der Waals surface area contributed by atoms with Gasteiger partial charge < -0.3 is 24.6 Å². The Morgan fingerprint density at radius 3 is 2.50 bits per heavy atom. The third kappa shape index (κ3) is 8.42. The highest BCUT2D eigenvalue weighted by atomic mass is 35.5. The second-order valence-electron chi connectivity index (χ2n) is 9.75. The molecule has 0 saturated carbocycles. The van der Waals surface area contributed by atoms with Gasteiger partial charge in [0, 0.05) is 59.5 Å². The van der Waals surface area contributed by atoms with Crippen molar-refractivity contribution in [3.8, 4) is 0 Å². The topological polar surface area (TPSA) is 79.0 Å². The Balaban J connectivity index is 1.81. The smallest absolute Gasteiger partial charge is 0.416 e. The van der Waals surface area contributed by atoms with E-state index in [1.807, 2.05) is 19.0 Å². The molecule has 40 heavy (non-hydrogen) atoms. The van der Waals surface area contributed by atoms with E-state index in [4.69, 9.17) is 23.2 Å². The number of nitrogens with one attached hydrogen (secondary N) is 1. The molecule has 1 aliphatic heterocycles. The van der Waals surface area contributed by atoms with E-state index in [-0.39, 0.29) is 35.3 Å². The molecule has 3 amide bonds. The zero-order valence-electron chi connectivity index (χ0n) is 22.6. The monoisotopic (exact) mass is 620 g/mol. The van der Waals surface area contributed by atoms with Crippen molar-refractivity contribution in [3.63, 3.8) is 0 Å². The Morgan fingerprint density at radius 2 is 1.85 bits per heavy atom. The first-order valence-electron chi connectivity index (χ1n) is 12.8. The van der Waals surface area contributed by atoms with Gasteiger partial charge in [-0.25, -0.2) is 4.79 Å². The van der Waals surface area contributed by atoms with Crippen LogP contribution in [0.3, 0.4) is 0 Å². The van der Waals surface area contributed by atoms with Crippen LogP contribution in [0.25, 0.3) is 0 Å². The lowest BCUT2D eigenvalue weighted by Gasteiger charge is -2.36. The van der Waals surface area contributed by atoms with E-state index in [0.29, 0.717) is 47.3 Å². The van der Waals surface area contributed by atoms with Gasteiger partial charge in [-0.15, -0.1) is 0 Å². The van der Waals surface area contributed by atoms with Gasteiger partial charge in [0.2, 0.25) is 0 Å². The second kappa shape index (κ2) is 14.1. The molecule has 3 rings (SSSR count). The Kier molecular flexibility index (Phi) is 11.4. The number of rotatable bonds is 11. The molecule has 0 radical (unpaired) electrons. The number of urea groups is 1. The fourth-order valence-electron chi connectivity index (χ4n) is 4.49. The summed E-state index contributed by atoms with van der Waals surface area (Å²) >= 11 is 11.1. The number of halogens is 5. The average Bonchev–Trinajstić information content (AvgIpc) is 2.88. The maximum Gasteiger partial charge on any atom is 0.416 e. The molecular weight excluding hydrogens is 588 g/mol. The molecule has 1 heterocycles. The van der Waals surface area contributed by atoms with Crippen LogP contribution in [0.1, 0.15) is 46.8 Å². The number of benzene rings is 2. The van der Waals surface area contributed by atoms with Crippen LogP contribution in [-0.4, -0.2) is 77.2 Å². The van der Waals surface area contributed by atoms with E-state index < -0.39 is 28.8 Å². The number of hydrogen-bond donors (Lipinski definition) is 1. The highest BCUT2D eigenvalue weighted by Gasteiger charge is 2.37. The molecule has 0 spiro atoms. The molecule has 1 aliphatic rings. The van der Waals surface area contributed by atoms with Crippen molar-refractivity contribution in [3.05, 3.63) is 62.6 Å². The summed E-state index contributed by atoms with van der Waals surface area (Å²) < 4.78 is 54.8. The summed E-state index contributed by atoms with van der Waals surface area (Å²) in [5.74, 6) is -0.435. The van der Waals surface area contributed by atoms with E-state index >= 15 is 0 Å². The van der Waals surface area contributed by atoms with Crippen LogP contribution in [-0.2, 0) is 30.4 Å². The molecule has 220 valence electrons. The van der Waals surface area contributed by atoms with Crippen LogP contribution < -0.4 is 5.32 Å². The first-order chi connectivity index (χ1) is 18.8. The molecule has 0 bridgehead atoms. The molecular formula is C27H33Cl2F3N4O3S. The average molecular weight is 622 g/mol. The van der Waals surface area contributed by atoms with Crippen LogP contribution >= 0.6 is 23.2 Å². The van der Waals surface area contributed by atoms with Crippen LogP contribution in [0.4, 0.5) is 18.0 Å². The SMILES string of the molecule is CC[S+]([O-])c1ccc(Cl)cc1CNC(=O)c1cc(Cl)c(CN2CCCN(CCCN(C)C)C2=O)c(C(F)(F)F)c1. The summed E-state index contributed by atoms with van der Waals surface area (Å²) in [6.07, 6.45) is -3.44. The minimum Gasteiger partial charge on any atom is -0.611 e. The summed E-state index contributed by atoms with van der Waals surface area (Å²) in [4.78, 5) is 31.4. The Morgan fingerprint density at radius 1 is 1.15 bits per heavy atom. The standard InChI is InChI=1S/C27H33Cl2F3N4O3S/c1-4-40(39)24-8-7-20(28)13-19(24)16-33-25(37)18-14-22(27(30,31)32)21(23(29)15-18)17-36-12-6-11-35(26(36)38)10-5-9-34(2)3/h7-8,13-15H,4-6,9-12,16-17H2,1-3H3,(H,33,37). The van der Waals surface area contributed by atoms with Crippen molar-refractivity contribution in [1.29, 1.82) is 0 Å². The van der Waals surface area contributed by atoms with E-state index in [1.54, 1.807) is 30.0 Å². The van der Waals surface area contributed by atoms with E-state index in [0.717, 1.165) is 19.0 Å². The van der Waals surface area contributed by atoms with Crippen molar-refractivity contribution < 1.29 is 27.3 Å². The number of nitrogens with zero attached hydrogens (tertiary/aromatic N) is 3. The van der Waals surface area contributed by atoms with Gasteiger partial charge in [-0.1, -0.05) is 23.2 Å². The first-order valence-corrected chi connectivity index (χ1v) is 14.9. The zero-order chi connectivity index (χ0) is 29.6. The van der Waals surface area contributed by atoms with Crippen LogP contribution in [0.5, 0.6) is 0 Å². The third-order valence-electron chi connectivity index (χ3n) is 6.51. The largest absolute Gasteiger partial charge is 0.611 e. The Labute approximate surface area is 245 Å². The van der Waals surface area contributed by atoms with Crippen molar-refractivity contribution in [2.75, 3.05) is 46.0 Å². The summed E-state index contributed by atoms with van der Waals surface area (Å²) in [6.45, 7) is 3.47. The molecule has 1 saturated heterocycles. The van der Waals surface area contributed by atoms with Gasteiger partial charge in [-0.3, -0.25) is 4.79 Å². The highest BCUT2D eigenvalue weighted by molar-refractivity contribution is 7.91. The molecule has 1 fully saturated rings. The fourth-order valence-corrected chi connectivity index (χ4v) is 5.92. The number of alkyl halides is 3. The van der Waals surface area contributed by atoms with Crippen LogP contribution in [0.2, 0.25) is 10.0 Å². The molecule has 7 nitrogen and oxygen atoms in total. The second-order valence-corrected chi connectivity index (χ2v) is 12.3. The maximum absolute atomic E-state index is 14.2.